The van der Waals surface area contributed by atoms with Gasteiger partial charge in [0.05, 0.1) is 0 Å². The Morgan fingerprint density at radius 3 is 2.67 bits per heavy atom. The van der Waals surface area contributed by atoms with Crippen molar-refractivity contribution >= 4 is 12.2 Å². The Morgan fingerprint density at radius 2 is 2.00 bits per heavy atom. The van der Waals surface area contributed by atoms with Gasteiger partial charge in [-0.3, -0.25) is 0 Å². The number of rotatable bonds is 2. The Hall–Kier alpha value is -1.77. The van der Waals surface area contributed by atoms with Gasteiger partial charge >= 0.3 is 6.09 Å². The van der Waals surface area contributed by atoms with Crippen molar-refractivity contribution in [2.24, 2.45) is 5.92 Å². The van der Waals surface area contributed by atoms with Crippen molar-refractivity contribution in [3.05, 3.63) is 42.0 Å². The molecule has 0 bridgehead atoms. The van der Waals surface area contributed by atoms with E-state index < -0.39 is 5.60 Å². The van der Waals surface area contributed by atoms with E-state index in [1.165, 1.54) is 5.56 Å². The molecule has 1 atom stereocenters. The second kappa shape index (κ2) is 6.79. The highest BCUT2D eigenvalue weighted by Gasteiger charge is 2.26. The second-order valence-electron chi connectivity index (χ2n) is 6.60. The molecule has 1 heterocycles. The summed E-state index contributed by atoms with van der Waals surface area (Å²) < 4.78 is 5.45. The molecule has 0 aliphatic carbocycles. The Morgan fingerprint density at radius 1 is 1.29 bits per heavy atom. The van der Waals surface area contributed by atoms with E-state index in [9.17, 15) is 4.79 Å². The summed E-state index contributed by atoms with van der Waals surface area (Å²) in [5.41, 5.74) is 0.774. The van der Waals surface area contributed by atoms with Gasteiger partial charge in [0.1, 0.15) is 5.60 Å². The highest BCUT2D eigenvalue weighted by Crippen LogP contribution is 2.21. The van der Waals surface area contributed by atoms with Gasteiger partial charge < -0.3 is 9.64 Å². The fraction of sp³-hybridized carbons (Fsp3) is 0.500. The Kier molecular flexibility index (Phi) is 5.05. The Bertz CT molecular complexity index is 488. The summed E-state index contributed by atoms with van der Waals surface area (Å²) in [5.74, 6) is 0.409. The number of benzene rings is 1. The van der Waals surface area contributed by atoms with E-state index in [0.29, 0.717) is 5.92 Å². The number of carbonyl (C=O) groups excluding carboxylic acids is 1. The monoisotopic (exact) mass is 287 g/mol. The van der Waals surface area contributed by atoms with Gasteiger partial charge in [0, 0.05) is 13.1 Å². The van der Waals surface area contributed by atoms with Crippen molar-refractivity contribution < 1.29 is 9.53 Å². The summed E-state index contributed by atoms with van der Waals surface area (Å²) in [6, 6.07) is 10.3. The van der Waals surface area contributed by atoms with Crippen LogP contribution in [0.25, 0.3) is 6.08 Å². The zero-order valence-electron chi connectivity index (χ0n) is 13.2. The lowest BCUT2D eigenvalue weighted by Gasteiger charge is -2.33. The van der Waals surface area contributed by atoms with E-state index in [2.05, 4.69) is 24.3 Å². The van der Waals surface area contributed by atoms with Crippen LogP contribution in [0.1, 0.15) is 39.2 Å². The zero-order chi connectivity index (χ0) is 15.3. The molecule has 0 spiro atoms. The normalized spacial score (nSPS) is 19.8. The molecule has 0 aromatic heterocycles. The van der Waals surface area contributed by atoms with Crippen LogP contribution >= 0.6 is 0 Å². The van der Waals surface area contributed by atoms with Gasteiger partial charge in [0.15, 0.2) is 0 Å². The number of amides is 1. The first-order chi connectivity index (χ1) is 9.94. The molecule has 0 saturated carbocycles. The number of likely N-dealkylation sites (tertiary alicyclic amines) is 1. The summed E-state index contributed by atoms with van der Waals surface area (Å²) in [6.07, 6.45) is 6.32. The quantitative estimate of drug-likeness (QED) is 0.809. The molecule has 1 amide bonds. The third-order valence-corrected chi connectivity index (χ3v) is 3.47. The highest BCUT2D eigenvalue weighted by molar-refractivity contribution is 5.68. The van der Waals surface area contributed by atoms with Crippen molar-refractivity contribution in [2.45, 2.75) is 39.2 Å². The molecule has 1 fully saturated rings. The molecule has 1 aliphatic heterocycles. The molecule has 2 rings (SSSR count). The van der Waals surface area contributed by atoms with E-state index in [-0.39, 0.29) is 6.09 Å². The number of piperidine rings is 1. The smallest absolute Gasteiger partial charge is 0.410 e. The van der Waals surface area contributed by atoms with Crippen LogP contribution in [0.3, 0.4) is 0 Å². The molecular weight excluding hydrogens is 262 g/mol. The van der Waals surface area contributed by atoms with Crippen LogP contribution in [-0.4, -0.2) is 29.7 Å². The largest absolute Gasteiger partial charge is 0.444 e. The van der Waals surface area contributed by atoms with Gasteiger partial charge in [-0.05, 0) is 45.1 Å². The molecule has 1 saturated heterocycles. The Balaban J connectivity index is 1.92. The van der Waals surface area contributed by atoms with Crippen LogP contribution in [0, 0.1) is 5.92 Å². The lowest BCUT2D eigenvalue weighted by Crippen LogP contribution is -2.42. The summed E-state index contributed by atoms with van der Waals surface area (Å²) in [5, 5.41) is 0. The maximum absolute atomic E-state index is 12.1. The first kappa shape index (κ1) is 15.6. The molecule has 0 N–H and O–H groups in total. The molecule has 0 unspecified atom stereocenters. The van der Waals surface area contributed by atoms with Crippen LogP contribution in [0.2, 0.25) is 0 Å². The predicted octanol–water partition coefficient (Wildman–Crippen LogP) is 4.35. The van der Waals surface area contributed by atoms with Crippen molar-refractivity contribution in [1.29, 1.82) is 0 Å². The molecule has 3 nitrogen and oxygen atoms in total. The van der Waals surface area contributed by atoms with Crippen LogP contribution in [-0.2, 0) is 4.74 Å². The summed E-state index contributed by atoms with van der Waals surface area (Å²) in [6.45, 7) is 7.26. The molecule has 0 radical (unpaired) electrons. The molecule has 1 aliphatic rings. The average Bonchev–Trinajstić information content (AvgIpc) is 2.45. The van der Waals surface area contributed by atoms with Crippen LogP contribution in [0.4, 0.5) is 4.79 Å². The predicted molar refractivity (Wildman–Crippen MR) is 86.0 cm³/mol. The van der Waals surface area contributed by atoms with Gasteiger partial charge in [0.2, 0.25) is 0 Å². The van der Waals surface area contributed by atoms with Crippen molar-refractivity contribution in [2.75, 3.05) is 13.1 Å². The van der Waals surface area contributed by atoms with Crippen molar-refractivity contribution in [3.63, 3.8) is 0 Å². The van der Waals surface area contributed by atoms with Gasteiger partial charge in [-0.25, -0.2) is 4.79 Å². The fourth-order valence-corrected chi connectivity index (χ4v) is 2.47. The third kappa shape index (κ3) is 5.25. The van der Waals surface area contributed by atoms with Crippen molar-refractivity contribution in [1.82, 2.24) is 4.90 Å². The first-order valence-corrected chi connectivity index (χ1v) is 7.65. The van der Waals surface area contributed by atoms with E-state index in [4.69, 9.17) is 4.74 Å². The number of carbonyl (C=O) groups is 1. The van der Waals surface area contributed by atoms with Crippen molar-refractivity contribution in [3.8, 4) is 0 Å². The van der Waals surface area contributed by atoms with E-state index >= 15 is 0 Å². The molecule has 3 heteroatoms. The number of ether oxygens (including phenoxy) is 1. The number of hydrogen-bond donors (Lipinski definition) is 0. The molecule has 1 aromatic carbocycles. The summed E-state index contributed by atoms with van der Waals surface area (Å²) in [4.78, 5) is 13.9. The minimum absolute atomic E-state index is 0.194. The van der Waals surface area contributed by atoms with E-state index in [1.807, 2.05) is 43.9 Å². The number of hydrogen-bond acceptors (Lipinski definition) is 2. The van der Waals surface area contributed by atoms with Gasteiger partial charge in [-0.15, -0.1) is 0 Å². The first-order valence-electron chi connectivity index (χ1n) is 7.65. The summed E-state index contributed by atoms with van der Waals surface area (Å²) >= 11 is 0. The fourth-order valence-electron chi connectivity index (χ4n) is 2.47. The standard InChI is InChI=1S/C18H25NO2/c1-18(2,3)21-17(20)19-13-7-10-16(14-19)12-11-15-8-5-4-6-9-15/h4-6,8-9,11-12,16H,7,10,13-14H2,1-3H3/b12-11+/t16-/m1/s1. The van der Waals surface area contributed by atoms with Crippen LogP contribution in [0.5, 0.6) is 0 Å². The van der Waals surface area contributed by atoms with Gasteiger partial charge in [0.25, 0.3) is 0 Å². The van der Waals surface area contributed by atoms with E-state index in [0.717, 1.165) is 25.9 Å². The third-order valence-electron chi connectivity index (χ3n) is 3.47. The zero-order valence-corrected chi connectivity index (χ0v) is 13.2. The summed E-state index contributed by atoms with van der Waals surface area (Å²) in [7, 11) is 0. The maximum atomic E-state index is 12.1. The SMILES string of the molecule is CC(C)(C)OC(=O)N1CCC[C@H](/C=C/c2ccccc2)C1. The molecule has 21 heavy (non-hydrogen) atoms. The second-order valence-corrected chi connectivity index (χ2v) is 6.60. The topological polar surface area (TPSA) is 29.5 Å². The minimum Gasteiger partial charge on any atom is -0.444 e. The van der Waals surface area contributed by atoms with Crippen LogP contribution in [0.15, 0.2) is 36.4 Å². The minimum atomic E-state index is -0.427. The van der Waals surface area contributed by atoms with Gasteiger partial charge in [-0.1, -0.05) is 42.5 Å². The highest BCUT2D eigenvalue weighted by atomic mass is 16.6. The molecular formula is C18H25NO2. The molecule has 114 valence electrons. The maximum Gasteiger partial charge on any atom is 0.410 e. The lowest BCUT2D eigenvalue weighted by molar-refractivity contribution is 0.0187. The Labute approximate surface area is 127 Å². The van der Waals surface area contributed by atoms with E-state index in [1.54, 1.807) is 0 Å². The van der Waals surface area contributed by atoms with Crippen LogP contribution < -0.4 is 0 Å². The average molecular weight is 287 g/mol. The number of nitrogens with zero attached hydrogens (tertiary/aromatic N) is 1. The lowest BCUT2D eigenvalue weighted by atomic mass is 9.97. The molecule has 1 aromatic rings. The van der Waals surface area contributed by atoms with Gasteiger partial charge in [-0.2, -0.15) is 0 Å².